The lowest BCUT2D eigenvalue weighted by Crippen LogP contribution is -2.51. The Hall–Kier alpha value is -1.85. The molecule has 2 heterocycles. The molecule has 175 valence electrons. The third kappa shape index (κ3) is 6.58. The molecule has 1 aliphatic rings. The highest BCUT2D eigenvalue weighted by Crippen LogP contribution is 2.30. The van der Waals surface area contributed by atoms with Gasteiger partial charge in [-0.15, -0.1) is 4.90 Å². The number of carbonyl (C=O) groups is 1. The Morgan fingerprint density at radius 2 is 1.84 bits per heavy atom. The van der Waals surface area contributed by atoms with Crippen molar-refractivity contribution in [3.63, 3.8) is 0 Å². The number of amides is 1. The Bertz CT molecular complexity index is 985. The maximum absolute atomic E-state index is 13.3. The number of nitrogens with zero attached hydrogens (tertiary/aromatic N) is 2. The SMILES string of the molecule is Nc1c(Cl)cc(S(=O)(=O)N[C@@H](CCCNc2ncc[nH]2)C(=O)[N+]2CCCCCC2)cc1Cl. The topological polar surface area (TPSA) is 136 Å². The number of imidazole rings is 1. The molecule has 0 aliphatic carbocycles. The first-order valence-electron chi connectivity index (χ1n) is 10.6. The zero-order chi connectivity index (χ0) is 23.1. The van der Waals surface area contributed by atoms with Crippen LogP contribution in [0.15, 0.2) is 29.4 Å². The van der Waals surface area contributed by atoms with Crippen molar-refractivity contribution in [3.05, 3.63) is 34.6 Å². The van der Waals surface area contributed by atoms with Crippen LogP contribution in [0, 0.1) is 0 Å². The quantitative estimate of drug-likeness (QED) is 0.236. The van der Waals surface area contributed by atoms with E-state index in [2.05, 4.69) is 20.0 Å². The summed E-state index contributed by atoms with van der Waals surface area (Å²) in [6.07, 6.45) is 8.15. The van der Waals surface area contributed by atoms with E-state index >= 15 is 0 Å². The van der Waals surface area contributed by atoms with Crippen LogP contribution in [0.5, 0.6) is 0 Å². The van der Waals surface area contributed by atoms with Gasteiger partial charge in [-0.2, -0.15) is 4.72 Å². The predicted molar refractivity (Wildman–Crippen MR) is 127 cm³/mol. The van der Waals surface area contributed by atoms with Crippen molar-refractivity contribution in [1.82, 2.24) is 19.6 Å². The molecule has 1 atom stereocenters. The van der Waals surface area contributed by atoms with Crippen LogP contribution in [0.25, 0.3) is 0 Å². The van der Waals surface area contributed by atoms with Gasteiger partial charge >= 0.3 is 5.91 Å². The summed E-state index contributed by atoms with van der Waals surface area (Å²) in [6, 6.07) is 1.56. The van der Waals surface area contributed by atoms with Crippen molar-refractivity contribution >= 4 is 50.8 Å². The van der Waals surface area contributed by atoms with Gasteiger partial charge in [0.1, 0.15) is 19.1 Å². The lowest BCUT2D eigenvalue weighted by molar-refractivity contribution is -0.127. The smallest absolute Gasteiger partial charge is 0.378 e. The number of benzene rings is 1. The van der Waals surface area contributed by atoms with Crippen LogP contribution in [0.4, 0.5) is 11.6 Å². The van der Waals surface area contributed by atoms with Gasteiger partial charge in [-0.3, -0.25) is 0 Å². The van der Waals surface area contributed by atoms with E-state index in [1.165, 1.54) is 12.1 Å². The first kappa shape index (κ1) is 24.8. The molecular weight excluding hydrogens is 475 g/mol. The number of nitrogen functional groups attached to an aromatic ring is 1. The molecule has 1 aromatic heterocycles. The van der Waals surface area contributed by atoms with E-state index < -0.39 is 16.1 Å². The van der Waals surface area contributed by atoms with Gasteiger partial charge < -0.3 is 16.0 Å². The molecule has 5 N–H and O–H groups in total. The van der Waals surface area contributed by atoms with Crippen molar-refractivity contribution in [1.29, 1.82) is 0 Å². The maximum atomic E-state index is 13.3. The fraction of sp³-hybridized carbons (Fsp3) is 0.500. The summed E-state index contributed by atoms with van der Waals surface area (Å²) >= 11 is 12.0. The molecule has 3 rings (SSSR count). The van der Waals surface area contributed by atoms with Crippen LogP contribution >= 0.6 is 23.2 Å². The second kappa shape index (κ2) is 11.3. The molecule has 1 fully saturated rings. The fourth-order valence-corrected chi connectivity index (χ4v) is 5.48. The van der Waals surface area contributed by atoms with Crippen LogP contribution in [0.3, 0.4) is 0 Å². The van der Waals surface area contributed by atoms with Crippen LogP contribution in [-0.4, -0.2) is 50.0 Å². The van der Waals surface area contributed by atoms with E-state index in [1.54, 1.807) is 17.3 Å². The summed E-state index contributed by atoms with van der Waals surface area (Å²) < 4.78 is 28.7. The molecule has 9 nitrogen and oxygen atoms in total. The number of halogens is 2. The molecule has 12 heteroatoms. The van der Waals surface area contributed by atoms with Gasteiger partial charge in [0.15, 0.2) is 5.95 Å². The van der Waals surface area contributed by atoms with Gasteiger partial charge in [0.25, 0.3) is 0 Å². The average molecular weight is 503 g/mol. The zero-order valence-corrected chi connectivity index (χ0v) is 19.9. The lowest BCUT2D eigenvalue weighted by atomic mass is 10.1. The molecule has 1 aliphatic heterocycles. The maximum Gasteiger partial charge on any atom is 0.378 e. The van der Waals surface area contributed by atoms with Crippen LogP contribution in [-0.2, 0) is 14.8 Å². The van der Waals surface area contributed by atoms with Gasteiger partial charge in [0.2, 0.25) is 10.0 Å². The first-order valence-corrected chi connectivity index (χ1v) is 12.8. The zero-order valence-electron chi connectivity index (χ0n) is 17.6. The summed E-state index contributed by atoms with van der Waals surface area (Å²) in [4.78, 5) is 21.9. The number of sulfonamides is 1. The number of anilines is 2. The number of hydrogen-bond acceptors (Lipinski definition) is 6. The molecule has 1 radical (unpaired) electrons. The molecule has 1 aromatic carbocycles. The number of carbonyl (C=O) groups excluding carboxylic acids is 1. The number of aromatic nitrogens is 2. The highest BCUT2D eigenvalue weighted by atomic mass is 35.5. The Morgan fingerprint density at radius 3 is 2.44 bits per heavy atom. The monoisotopic (exact) mass is 502 g/mol. The van der Waals surface area contributed by atoms with Crippen molar-refractivity contribution in [2.24, 2.45) is 0 Å². The Labute approximate surface area is 198 Å². The van der Waals surface area contributed by atoms with Crippen LogP contribution < -0.4 is 20.7 Å². The highest BCUT2D eigenvalue weighted by molar-refractivity contribution is 7.89. The molecule has 0 saturated carbocycles. The Kier molecular flexibility index (Phi) is 8.78. The summed E-state index contributed by atoms with van der Waals surface area (Å²) in [7, 11) is -4.06. The third-order valence-corrected chi connectivity index (χ3v) is 7.41. The lowest BCUT2D eigenvalue weighted by Gasteiger charge is -2.19. The van der Waals surface area contributed by atoms with E-state index in [0.717, 1.165) is 25.7 Å². The number of rotatable bonds is 9. The molecule has 1 saturated heterocycles. The van der Waals surface area contributed by atoms with Crippen molar-refractivity contribution < 1.29 is 13.2 Å². The molecular formula is C20H28Cl2N6O3S+. The van der Waals surface area contributed by atoms with Gasteiger partial charge in [0, 0.05) is 31.8 Å². The molecule has 0 spiro atoms. The van der Waals surface area contributed by atoms with E-state index in [1.807, 2.05) is 0 Å². The standard InChI is InChI=1S/C20H28Cl2N6O3S/c21-15-12-14(13-16(22)18(15)23)32(30,31)27-17(6-5-7-24-20-25-8-9-26-20)19(29)28-10-3-1-2-4-11-28/h8-9,12-13,17,27H,1-7,10-11,23H2,(H2,24,25,26)/q+1/t17-/m0/s1. The van der Waals surface area contributed by atoms with Crippen LogP contribution in [0.2, 0.25) is 10.0 Å². The van der Waals surface area contributed by atoms with Gasteiger partial charge in [-0.25, -0.2) is 18.2 Å². The number of nitrogens with two attached hydrogens (primary N) is 1. The highest BCUT2D eigenvalue weighted by Gasteiger charge is 2.37. The van der Waals surface area contributed by atoms with Crippen molar-refractivity contribution in [2.45, 2.75) is 49.5 Å². The summed E-state index contributed by atoms with van der Waals surface area (Å²) in [6.45, 7) is 1.78. The number of aromatic amines is 1. The molecule has 32 heavy (non-hydrogen) atoms. The second-order valence-corrected chi connectivity index (χ2v) is 10.2. The number of H-pyrrole nitrogens is 1. The largest absolute Gasteiger partial charge is 0.396 e. The first-order chi connectivity index (χ1) is 15.3. The number of nitrogens with one attached hydrogen (secondary N) is 3. The van der Waals surface area contributed by atoms with E-state index in [0.29, 0.717) is 38.4 Å². The van der Waals surface area contributed by atoms with E-state index in [4.69, 9.17) is 28.9 Å². The molecule has 2 aromatic rings. The van der Waals surface area contributed by atoms with E-state index in [9.17, 15) is 13.2 Å². The average Bonchev–Trinajstić information content (AvgIpc) is 3.13. The summed E-state index contributed by atoms with van der Waals surface area (Å²) in [5.41, 5.74) is 5.83. The molecule has 0 unspecified atom stereocenters. The Balaban J connectivity index is 1.74. The minimum absolute atomic E-state index is 0.0379. The second-order valence-electron chi connectivity index (χ2n) is 7.72. The Morgan fingerprint density at radius 1 is 1.19 bits per heavy atom. The summed E-state index contributed by atoms with van der Waals surface area (Å²) in [5, 5.41) is 3.18. The van der Waals surface area contributed by atoms with Gasteiger partial charge in [0.05, 0.1) is 20.6 Å². The normalized spacial score (nSPS) is 16.4. The van der Waals surface area contributed by atoms with E-state index in [-0.39, 0.29) is 26.5 Å². The minimum Gasteiger partial charge on any atom is -0.396 e. The number of hydrogen-bond donors (Lipinski definition) is 4. The summed E-state index contributed by atoms with van der Waals surface area (Å²) in [5.74, 6) is 0.397. The van der Waals surface area contributed by atoms with Gasteiger partial charge in [-0.05, 0) is 37.8 Å². The van der Waals surface area contributed by atoms with Crippen molar-refractivity contribution in [2.75, 3.05) is 30.7 Å². The number of likely N-dealkylation sites (tertiary alicyclic amines) is 1. The van der Waals surface area contributed by atoms with Gasteiger partial charge in [-0.1, -0.05) is 23.2 Å². The molecule has 0 bridgehead atoms. The predicted octanol–water partition coefficient (Wildman–Crippen LogP) is 3.08. The third-order valence-electron chi connectivity index (χ3n) is 5.34. The van der Waals surface area contributed by atoms with Crippen LogP contribution in [0.1, 0.15) is 38.5 Å². The fourth-order valence-electron chi connectivity index (χ4n) is 3.59. The van der Waals surface area contributed by atoms with Crippen molar-refractivity contribution in [3.8, 4) is 0 Å². The molecule has 1 amide bonds. The minimum atomic E-state index is -4.06.